The Morgan fingerprint density at radius 1 is 1.41 bits per heavy atom. The van der Waals surface area contributed by atoms with Crippen LogP contribution in [0.3, 0.4) is 0 Å². The second-order valence-corrected chi connectivity index (χ2v) is 5.13. The number of nitrogens with one attached hydrogen (secondary N) is 1. The van der Waals surface area contributed by atoms with Crippen LogP contribution in [-0.2, 0) is 6.54 Å². The van der Waals surface area contributed by atoms with Crippen molar-refractivity contribution < 1.29 is 0 Å². The molecule has 0 unspecified atom stereocenters. The summed E-state index contributed by atoms with van der Waals surface area (Å²) in [6.07, 6.45) is 1.14. The SMILES string of the molecule is CCCNCc1csc(-c2cccc(Cl)c2)n1. The van der Waals surface area contributed by atoms with E-state index in [0.717, 1.165) is 40.8 Å². The van der Waals surface area contributed by atoms with E-state index >= 15 is 0 Å². The van der Waals surface area contributed by atoms with E-state index in [0.29, 0.717) is 0 Å². The number of rotatable bonds is 5. The summed E-state index contributed by atoms with van der Waals surface area (Å²) in [7, 11) is 0. The molecule has 2 nitrogen and oxygen atoms in total. The van der Waals surface area contributed by atoms with Crippen LogP contribution < -0.4 is 5.32 Å². The number of hydrogen-bond acceptors (Lipinski definition) is 3. The van der Waals surface area contributed by atoms with Crippen molar-refractivity contribution in [1.82, 2.24) is 10.3 Å². The molecule has 1 aromatic carbocycles. The van der Waals surface area contributed by atoms with Crippen molar-refractivity contribution in [2.24, 2.45) is 0 Å². The minimum atomic E-state index is 0.753. The molecule has 0 atom stereocenters. The topological polar surface area (TPSA) is 24.9 Å². The minimum Gasteiger partial charge on any atom is -0.311 e. The number of halogens is 1. The molecule has 1 N–H and O–H groups in total. The maximum atomic E-state index is 5.97. The first-order chi connectivity index (χ1) is 8.29. The number of nitrogens with zero attached hydrogens (tertiary/aromatic N) is 1. The van der Waals surface area contributed by atoms with Gasteiger partial charge in [0.05, 0.1) is 5.69 Å². The molecule has 0 spiro atoms. The zero-order valence-corrected chi connectivity index (χ0v) is 11.3. The van der Waals surface area contributed by atoms with Gasteiger partial charge >= 0.3 is 0 Å². The van der Waals surface area contributed by atoms with Gasteiger partial charge in [0, 0.05) is 22.5 Å². The van der Waals surface area contributed by atoms with Crippen molar-refractivity contribution in [3.05, 3.63) is 40.4 Å². The van der Waals surface area contributed by atoms with Gasteiger partial charge in [-0.3, -0.25) is 0 Å². The predicted octanol–water partition coefficient (Wildman–Crippen LogP) is 3.96. The van der Waals surface area contributed by atoms with Gasteiger partial charge in [-0.05, 0) is 25.1 Å². The third-order valence-electron chi connectivity index (χ3n) is 2.36. The highest BCUT2D eigenvalue weighted by molar-refractivity contribution is 7.13. The fourth-order valence-electron chi connectivity index (χ4n) is 1.54. The molecule has 90 valence electrons. The average Bonchev–Trinajstić information content (AvgIpc) is 2.78. The van der Waals surface area contributed by atoms with Crippen LogP contribution in [0.1, 0.15) is 19.0 Å². The summed E-state index contributed by atoms with van der Waals surface area (Å²) >= 11 is 7.63. The van der Waals surface area contributed by atoms with E-state index in [-0.39, 0.29) is 0 Å². The highest BCUT2D eigenvalue weighted by Crippen LogP contribution is 2.25. The Balaban J connectivity index is 2.07. The molecule has 17 heavy (non-hydrogen) atoms. The lowest BCUT2D eigenvalue weighted by Crippen LogP contribution is -2.13. The van der Waals surface area contributed by atoms with E-state index in [1.165, 1.54) is 0 Å². The molecule has 0 saturated carbocycles. The fourth-order valence-corrected chi connectivity index (χ4v) is 2.54. The molecule has 4 heteroatoms. The molecule has 0 radical (unpaired) electrons. The summed E-state index contributed by atoms with van der Waals surface area (Å²) in [6.45, 7) is 4.03. The van der Waals surface area contributed by atoms with Crippen LogP contribution in [-0.4, -0.2) is 11.5 Å². The Morgan fingerprint density at radius 2 is 2.29 bits per heavy atom. The first kappa shape index (κ1) is 12.6. The molecule has 1 heterocycles. The summed E-state index contributed by atoms with van der Waals surface area (Å²) in [4.78, 5) is 4.59. The van der Waals surface area contributed by atoms with Gasteiger partial charge in [0.25, 0.3) is 0 Å². The van der Waals surface area contributed by atoms with Gasteiger partial charge in [0.2, 0.25) is 0 Å². The Bertz CT molecular complexity index is 482. The van der Waals surface area contributed by atoms with E-state index in [9.17, 15) is 0 Å². The predicted molar refractivity (Wildman–Crippen MR) is 74.6 cm³/mol. The van der Waals surface area contributed by atoms with Crippen LogP contribution in [0.5, 0.6) is 0 Å². The van der Waals surface area contributed by atoms with Gasteiger partial charge in [-0.25, -0.2) is 4.98 Å². The van der Waals surface area contributed by atoms with Crippen molar-refractivity contribution in [3.63, 3.8) is 0 Å². The average molecular weight is 267 g/mol. The van der Waals surface area contributed by atoms with Gasteiger partial charge < -0.3 is 5.32 Å². The molecular formula is C13H15ClN2S. The number of benzene rings is 1. The van der Waals surface area contributed by atoms with E-state index in [1.54, 1.807) is 11.3 Å². The molecule has 0 aliphatic carbocycles. The smallest absolute Gasteiger partial charge is 0.123 e. The van der Waals surface area contributed by atoms with Crippen LogP contribution >= 0.6 is 22.9 Å². The zero-order valence-electron chi connectivity index (χ0n) is 9.74. The van der Waals surface area contributed by atoms with Crippen molar-refractivity contribution in [2.45, 2.75) is 19.9 Å². The highest BCUT2D eigenvalue weighted by atomic mass is 35.5. The lowest BCUT2D eigenvalue weighted by atomic mass is 10.2. The quantitative estimate of drug-likeness (QED) is 0.829. The molecular weight excluding hydrogens is 252 g/mol. The Labute approximate surface area is 111 Å². The number of thiazole rings is 1. The van der Waals surface area contributed by atoms with Gasteiger partial charge in [0.1, 0.15) is 5.01 Å². The first-order valence-corrected chi connectivity index (χ1v) is 6.96. The zero-order chi connectivity index (χ0) is 12.1. The molecule has 1 aromatic heterocycles. The largest absolute Gasteiger partial charge is 0.311 e. The Hall–Kier alpha value is -0.900. The van der Waals surface area contributed by atoms with E-state index < -0.39 is 0 Å². The lowest BCUT2D eigenvalue weighted by Gasteiger charge is -1.99. The normalized spacial score (nSPS) is 10.7. The summed E-state index contributed by atoms with van der Waals surface area (Å²) in [5.41, 5.74) is 2.18. The molecule has 0 fully saturated rings. The summed E-state index contributed by atoms with van der Waals surface area (Å²) < 4.78 is 0. The van der Waals surface area contributed by atoms with Crippen molar-refractivity contribution in [1.29, 1.82) is 0 Å². The third kappa shape index (κ3) is 3.53. The highest BCUT2D eigenvalue weighted by Gasteiger charge is 2.04. The monoisotopic (exact) mass is 266 g/mol. The summed E-state index contributed by atoms with van der Waals surface area (Å²) in [5.74, 6) is 0. The van der Waals surface area contributed by atoms with Crippen LogP contribution in [0.2, 0.25) is 5.02 Å². The van der Waals surface area contributed by atoms with Crippen molar-refractivity contribution in [3.8, 4) is 10.6 Å². The molecule has 0 bridgehead atoms. The van der Waals surface area contributed by atoms with Crippen LogP contribution in [0.15, 0.2) is 29.6 Å². The van der Waals surface area contributed by atoms with E-state index in [2.05, 4.69) is 22.6 Å². The fraction of sp³-hybridized carbons (Fsp3) is 0.308. The lowest BCUT2D eigenvalue weighted by molar-refractivity contribution is 0.667. The Kier molecular flexibility index (Phi) is 4.54. The first-order valence-electron chi connectivity index (χ1n) is 5.70. The molecule has 0 aliphatic rings. The van der Waals surface area contributed by atoms with Crippen LogP contribution in [0, 0.1) is 0 Å². The maximum Gasteiger partial charge on any atom is 0.123 e. The number of hydrogen-bond donors (Lipinski definition) is 1. The van der Waals surface area contributed by atoms with Crippen molar-refractivity contribution in [2.75, 3.05) is 6.54 Å². The van der Waals surface area contributed by atoms with Crippen LogP contribution in [0.4, 0.5) is 0 Å². The molecule has 0 saturated heterocycles. The van der Waals surface area contributed by atoms with Gasteiger partial charge in [-0.15, -0.1) is 11.3 Å². The summed E-state index contributed by atoms with van der Waals surface area (Å²) in [5, 5.41) is 7.22. The maximum absolute atomic E-state index is 5.97. The second kappa shape index (κ2) is 6.15. The third-order valence-corrected chi connectivity index (χ3v) is 3.53. The molecule has 0 aliphatic heterocycles. The molecule has 2 aromatic rings. The molecule has 0 amide bonds. The van der Waals surface area contributed by atoms with Gasteiger partial charge in [0.15, 0.2) is 0 Å². The van der Waals surface area contributed by atoms with Crippen molar-refractivity contribution >= 4 is 22.9 Å². The second-order valence-electron chi connectivity index (χ2n) is 3.83. The Morgan fingerprint density at radius 3 is 3.06 bits per heavy atom. The van der Waals surface area contributed by atoms with E-state index in [4.69, 9.17) is 11.6 Å². The minimum absolute atomic E-state index is 0.753. The number of aromatic nitrogens is 1. The summed E-state index contributed by atoms with van der Waals surface area (Å²) in [6, 6.07) is 7.81. The van der Waals surface area contributed by atoms with E-state index in [1.807, 2.05) is 24.3 Å². The van der Waals surface area contributed by atoms with Crippen LogP contribution in [0.25, 0.3) is 10.6 Å². The van der Waals surface area contributed by atoms with Gasteiger partial charge in [-0.2, -0.15) is 0 Å². The standard InChI is InChI=1S/C13H15ClN2S/c1-2-6-15-8-12-9-17-13(16-12)10-4-3-5-11(14)7-10/h3-5,7,9,15H,2,6,8H2,1H3. The van der Waals surface area contributed by atoms with Gasteiger partial charge in [-0.1, -0.05) is 30.7 Å². The molecule has 2 rings (SSSR count).